The number of urea groups is 1. The van der Waals surface area contributed by atoms with Crippen molar-refractivity contribution in [3.8, 4) is 5.75 Å². The second kappa shape index (κ2) is 8.14. The van der Waals surface area contributed by atoms with E-state index in [9.17, 15) is 9.59 Å². The number of carboxylic acid groups (broad SMARTS) is 1. The largest absolute Gasteiger partial charge is 0.495 e. The monoisotopic (exact) mass is 294 g/mol. The van der Waals surface area contributed by atoms with Crippen molar-refractivity contribution in [1.29, 1.82) is 0 Å². The van der Waals surface area contributed by atoms with Crippen LogP contribution in [0.4, 0.5) is 10.5 Å². The van der Waals surface area contributed by atoms with Gasteiger partial charge in [0.15, 0.2) is 0 Å². The lowest BCUT2D eigenvalue weighted by Gasteiger charge is -2.16. The molecule has 0 aliphatic heterocycles. The number of carbonyl (C=O) groups is 2. The van der Waals surface area contributed by atoms with Gasteiger partial charge < -0.3 is 20.5 Å². The van der Waals surface area contributed by atoms with E-state index in [4.69, 9.17) is 9.84 Å². The van der Waals surface area contributed by atoms with E-state index in [2.05, 4.69) is 10.6 Å². The van der Waals surface area contributed by atoms with Gasteiger partial charge in [0.05, 0.1) is 12.8 Å². The molecule has 1 atom stereocenters. The fourth-order valence-corrected chi connectivity index (χ4v) is 1.90. The standard InChI is InChI=1S/C15H22N2O4/c1-4-5-6-11(14(18)19)16-15(20)17-12-9-10(2)7-8-13(12)21-3/h7-9,11H,4-6H2,1-3H3,(H,18,19)(H2,16,17,20). The van der Waals surface area contributed by atoms with Crippen LogP contribution in [0, 0.1) is 6.92 Å². The Morgan fingerprint density at radius 3 is 2.67 bits per heavy atom. The summed E-state index contributed by atoms with van der Waals surface area (Å²) in [7, 11) is 1.51. The lowest BCUT2D eigenvalue weighted by Crippen LogP contribution is -2.43. The van der Waals surface area contributed by atoms with Crippen LogP contribution in [0.3, 0.4) is 0 Å². The Kier molecular flexibility index (Phi) is 6.52. The minimum atomic E-state index is -1.03. The van der Waals surface area contributed by atoms with Gasteiger partial charge in [-0.3, -0.25) is 0 Å². The van der Waals surface area contributed by atoms with Crippen LogP contribution in [0.15, 0.2) is 18.2 Å². The second-order valence-electron chi connectivity index (χ2n) is 4.84. The lowest BCUT2D eigenvalue weighted by atomic mass is 10.1. The third kappa shape index (κ3) is 5.33. The van der Waals surface area contributed by atoms with Gasteiger partial charge in [0.1, 0.15) is 11.8 Å². The maximum Gasteiger partial charge on any atom is 0.326 e. The van der Waals surface area contributed by atoms with Crippen LogP contribution >= 0.6 is 0 Å². The molecule has 6 heteroatoms. The van der Waals surface area contributed by atoms with E-state index in [1.54, 1.807) is 12.1 Å². The van der Waals surface area contributed by atoms with E-state index in [1.807, 2.05) is 19.9 Å². The molecule has 0 radical (unpaired) electrons. The number of ether oxygens (including phenoxy) is 1. The maximum absolute atomic E-state index is 11.9. The summed E-state index contributed by atoms with van der Waals surface area (Å²) in [6, 6.07) is 3.93. The highest BCUT2D eigenvalue weighted by atomic mass is 16.5. The van der Waals surface area contributed by atoms with Gasteiger partial charge in [-0.15, -0.1) is 0 Å². The van der Waals surface area contributed by atoms with Crippen LogP contribution in [0.2, 0.25) is 0 Å². The molecule has 1 rings (SSSR count). The number of unbranched alkanes of at least 4 members (excludes halogenated alkanes) is 1. The number of aliphatic carboxylic acids is 1. The van der Waals surface area contributed by atoms with Gasteiger partial charge >= 0.3 is 12.0 Å². The maximum atomic E-state index is 11.9. The first-order valence-corrected chi connectivity index (χ1v) is 6.92. The molecule has 0 heterocycles. The second-order valence-corrected chi connectivity index (χ2v) is 4.84. The van der Waals surface area contributed by atoms with E-state index >= 15 is 0 Å². The molecule has 116 valence electrons. The smallest absolute Gasteiger partial charge is 0.326 e. The summed E-state index contributed by atoms with van der Waals surface area (Å²) < 4.78 is 5.16. The Labute approximate surface area is 124 Å². The van der Waals surface area contributed by atoms with E-state index in [0.29, 0.717) is 17.9 Å². The van der Waals surface area contributed by atoms with Crippen molar-refractivity contribution in [2.24, 2.45) is 0 Å². The average Bonchev–Trinajstić information content (AvgIpc) is 2.43. The first-order valence-electron chi connectivity index (χ1n) is 6.92. The molecule has 0 fully saturated rings. The Hall–Kier alpha value is -2.24. The number of benzene rings is 1. The molecule has 0 spiro atoms. The van der Waals surface area contributed by atoms with Crippen molar-refractivity contribution in [3.63, 3.8) is 0 Å². The molecular weight excluding hydrogens is 272 g/mol. The number of anilines is 1. The Morgan fingerprint density at radius 2 is 2.10 bits per heavy atom. The van der Waals surface area contributed by atoms with Gasteiger partial charge in [0.2, 0.25) is 0 Å². The number of methoxy groups -OCH3 is 1. The molecule has 1 aromatic carbocycles. The van der Waals surface area contributed by atoms with E-state index in [0.717, 1.165) is 18.4 Å². The average molecular weight is 294 g/mol. The Balaban J connectivity index is 2.71. The minimum absolute atomic E-state index is 0.407. The highest BCUT2D eigenvalue weighted by Crippen LogP contribution is 2.25. The van der Waals surface area contributed by atoms with Crippen molar-refractivity contribution in [1.82, 2.24) is 5.32 Å². The molecule has 0 aliphatic rings. The fourth-order valence-electron chi connectivity index (χ4n) is 1.90. The zero-order valence-corrected chi connectivity index (χ0v) is 12.6. The molecule has 2 amide bonds. The van der Waals surface area contributed by atoms with Gasteiger partial charge in [-0.25, -0.2) is 9.59 Å². The molecular formula is C15H22N2O4. The van der Waals surface area contributed by atoms with Crippen LogP contribution in [-0.2, 0) is 4.79 Å². The predicted octanol–water partition coefficient (Wildman–Crippen LogP) is 2.77. The van der Waals surface area contributed by atoms with Crippen molar-refractivity contribution < 1.29 is 19.4 Å². The normalized spacial score (nSPS) is 11.6. The molecule has 21 heavy (non-hydrogen) atoms. The van der Waals surface area contributed by atoms with Crippen molar-refractivity contribution in [2.75, 3.05) is 12.4 Å². The molecule has 0 bridgehead atoms. The number of carboxylic acids is 1. The lowest BCUT2D eigenvalue weighted by molar-refractivity contribution is -0.139. The topological polar surface area (TPSA) is 87.7 Å². The van der Waals surface area contributed by atoms with E-state index in [-0.39, 0.29) is 0 Å². The van der Waals surface area contributed by atoms with Gasteiger partial charge in [0.25, 0.3) is 0 Å². The number of rotatable bonds is 7. The third-order valence-electron chi connectivity index (χ3n) is 3.05. The highest BCUT2D eigenvalue weighted by molar-refractivity contribution is 5.93. The highest BCUT2D eigenvalue weighted by Gasteiger charge is 2.19. The Morgan fingerprint density at radius 1 is 1.38 bits per heavy atom. The molecule has 1 aromatic rings. The summed E-state index contributed by atoms with van der Waals surface area (Å²) >= 11 is 0. The van der Waals surface area contributed by atoms with Gasteiger partial charge in [-0.1, -0.05) is 25.8 Å². The minimum Gasteiger partial charge on any atom is -0.495 e. The summed E-state index contributed by atoms with van der Waals surface area (Å²) in [4.78, 5) is 23.0. The summed E-state index contributed by atoms with van der Waals surface area (Å²) in [5.74, 6) is -0.508. The number of carbonyl (C=O) groups excluding carboxylic acids is 1. The van der Waals surface area contributed by atoms with Crippen LogP contribution in [-0.4, -0.2) is 30.3 Å². The summed E-state index contributed by atoms with van der Waals surface area (Å²) in [5.41, 5.74) is 1.47. The SMILES string of the molecule is CCCCC(NC(=O)Nc1cc(C)ccc1OC)C(=O)O. The zero-order chi connectivity index (χ0) is 15.8. The van der Waals surface area contributed by atoms with Gasteiger partial charge in [0, 0.05) is 0 Å². The molecule has 3 N–H and O–H groups in total. The van der Waals surface area contributed by atoms with Crippen molar-refractivity contribution in [2.45, 2.75) is 39.2 Å². The third-order valence-corrected chi connectivity index (χ3v) is 3.05. The molecule has 1 unspecified atom stereocenters. The quantitative estimate of drug-likeness (QED) is 0.721. The fraction of sp³-hybridized carbons (Fsp3) is 0.467. The summed E-state index contributed by atoms with van der Waals surface area (Å²) in [6.45, 7) is 3.86. The van der Waals surface area contributed by atoms with E-state index < -0.39 is 18.0 Å². The molecule has 0 saturated heterocycles. The van der Waals surface area contributed by atoms with Crippen LogP contribution in [0.1, 0.15) is 31.7 Å². The van der Waals surface area contributed by atoms with Gasteiger partial charge in [-0.05, 0) is 31.0 Å². The summed E-state index contributed by atoms with van der Waals surface area (Å²) in [5, 5.41) is 14.2. The first-order chi connectivity index (χ1) is 9.97. The molecule has 0 saturated carbocycles. The van der Waals surface area contributed by atoms with Crippen LogP contribution < -0.4 is 15.4 Å². The number of hydrogen-bond donors (Lipinski definition) is 3. The Bertz CT molecular complexity index is 502. The predicted molar refractivity (Wildman–Crippen MR) is 80.8 cm³/mol. The van der Waals surface area contributed by atoms with Crippen molar-refractivity contribution >= 4 is 17.7 Å². The van der Waals surface area contributed by atoms with Gasteiger partial charge in [-0.2, -0.15) is 0 Å². The van der Waals surface area contributed by atoms with Crippen LogP contribution in [0.5, 0.6) is 5.75 Å². The molecule has 0 aliphatic carbocycles. The zero-order valence-electron chi connectivity index (χ0n) is 12.6. The number of nitrogens with one attached hydrogen (secondary N) is 2. The number of aryl methyl sites for hydroxylation is 1. The molecule has 0 aromatic heterocycles. The van der Waals surface area contributed by atoms with E-state index in [1.165, 1.54) is 7.11 Å². The van der Waals surface area contributed by atoms with Crippen LogP contribution in [0.25, 0.3) is 0 Å². The van der Waals surface area contributed by atoms with Crippen molar-refractivity contribution in [3.05, 3.63) is 23.8 Å². The summed E-state index contributed by atoms with van der Waals surface area (Å²) in [6.07, 6.45) is 2.02. The molecule has 6 nitrogen and oxygen atoms in total. The number of amides is 2. The first kappa shape index (κ1) is 16.8. The number of hydrogen-bond acceptors (Lipinski definition) is 3.